The van der Waals surface area contributed by atoms with Gasteiger partial charge in [-0.15, -0.1) is 11.3 Å². The van der Waals surface area contributed by atoms with Crippen LogP contribution < -0.4 is 4.90 Å². The van der Waals surface area contributed by atoms with Gasteiger partial charge in [0.05, 0.1) is 36.5 Å². The van der Waals surface area contributed by atoms with E-state index >= 15 is 0 Å². The van der Waals surface area contributed by atoms with Gasteiger partial charge in [0.1, 0.15) is 4.88 Å². The number of carbonyl (C=O) groups excluding carboxylic acids is 1. The van der Waals surface area contributed by atoms with Crippen LogP contribution in [0.25, 0.3) is 0 Å². The molecule has 1 saturated heterocycles. The standard InChI is InChI=1S/C27H39NO6S/c1-16-5-10-20(22(29)13-16)25(30)28(21-14-23(27(2,3)4)35-24(21)26(31)32)17-6-8-18(9-7-17)34-19-11-12-33-15-19/h5,14,17-20,22,29H,6-13,15H2,1-4H3,(H,31,32)/t17-,18-,19?,20-,22+/m1/s1. The molecule has 35 heavy (non-hydrogen) atoms. The zero-order valence-electron chi connectivity index (χ0n) is 21.3. The first-order valence-electron chi connectivity index (χ1n) is 12.8. The Balaban J connectivity index is 1.63. The van der Waals surface area contributed by atoms with E-state index in [9.17, 15) is 19.8 Å². The van der Waals surface area contributed by atoms with Crippen molar-refractivity contribution < 1.29 is 29.3 Å². The molecule has 1 saturated carbocycles. The largest absolute Gasteiger partial charge is 0.477 e. The zero-order valence-corrected chi connectivity index (χ0v) is 22.1. The molecule has 0 spiro atoms. The highest BCUT2D eigenvalue weighted by molar-refractivity contribution is 7.14. The molecular formula is C27H39NO6S. The van der Waals surface area contributed by atoms with Crippen LogP contribution in [0.5, 0.6) is 0 Å². The van der Waals surface area contributed by atoms with Crippen LogP contribution in [0.4, 0.5) is 5.69 Å². The van der Waals surface area contributed by atoms with E-state index in [1.54, 1.807) is 4.90 Å². The van der Waals surface area contributed by atoms with Gasteiger partial charge in [0.15, 0.2) is 0 Å². The quantitative estimate of drug-likeness (QED) is 0.533. The fourth-order valence-electron chi connectivity index (χ4n) is 5.40. The summed E-state index contributed by atoms with van der Waals surface area (Å²) in [6, 6.07) is 1.77. The lowest BCUT2D eigenvalue weighted by atomic mass is 9.84. The Morgan fingerprint density at radius 1 is 1.14 bits per heavy atom. The average Bonchev–Trinajstić information content (AvgIpc) is 3.45. The molecule has 1 amide bonds. The molecule has 0 bridgehead atoms. The van der Waals surface area contributed by atoms with Crippen LogP contribution in [0, 0.1) is 5.92 Å². The second-order valence-corrected chi connectivity index (χ2v) is 12.4. The van der Waals surface area contributed by atoms with E-state index in [2.05, 4.69) is 0 Å². The SMILES string of the molecule is CC1=CC[C@@H](C(=O)N(c2cc(C(C)(C)C)sc2C(=O)O)[C@H]2CC[C@H](OC3CCOC3)CC2)[C@@H](O)C1. The number of anilines is 1. The van der Waals surface area contributed by atoms with Gasteiger partial charge in [0.25, 0.3) is 0 Å². The summed E-state index contributed by atoms with van der Waals surface area (Å²) in [5, 5.41) is 20.8. The molecule has 1 aromatic rings. The molecule has 1 aliphatic heterocycles. The second-order valence-electron chi connectivity index (χ2n) is 11.3. The van der Waals surface area contributed by atoms with Crippen LogP contribution in [0.2, 0.25) is 0 Å². The molecule has 1 aromatic heterocycles. The molecular weight excluding hydrogens is 466 g/mol. The Morgan fingerprint density at radius 2 is 1.86 bits per heavy atom. The summed E-state index contributed by atoms with van der Waals surface area (Å²) in [7, 11) is 0. The van der Waals surface area contributed by atoms with Crippen molar-refractivity contribution >= 4 is 28.9 Å². The summed E-state index contributed by atoms with van der Waals surface area (Å²) in [6.07, 6.45) is 6.51. The number of hydrogen-bond donors (Lipinski definition) is 2. The summed E-state index contributed by atoms with van der Waals surface area (Å²) < 4.78 is 11.7. The number of allylic oxidation sites excluding steroid dienone is 1. The van der Waals surface area contributed by atoms with Crippen LogP contribution in [0.1, 0.15) is 87.2 Å². The van der Waals surface area contributed by atoms with Crippen LogP contribution in [0.15, 0.2) is 17.7 Å². The maximum Gasteiger partial charge on any atom is 0.348 e. The summed E-state index contributed by atoms with van der Waals surface area (Å²) in [5.74, 6) is -1.75. The third-order valence-electron chi connectivity index (χ3n) is 7.46. The third-order valence-corrected chi connectivity index (χ3v) is 9.00. The Morgan fingerprint density at radius 3 is 2.43 bits per heavy atom. The smallest absolute Gasteiger partial charge is 0.348 e. The van der Waals surface area contributed by atoms with E-state index in [-0.39, 0.29) is 34.4 Å². The number of carboxylic acid groups (broad SMARTS) is 1. The normalized spacial score (nSPS) is 29.6. The highest BCUT2D eigenvalue weighted by Crippen LogP contribution is 2.41. The highest BCUT2D eigenvalue weighted by Gasteiger charge is 2.40. The van der Waals surface area contributed by atoms with Gasteiger partial charge in [-0.05, 0) is 63.4 Å². The summed E-state index contributed by atoms with van der Waals surface area (Å²) >= 11 is 1.25. The van der Waals surface area contributed by atoms with Crippen molar-refractivity contribution in [3.8, 4) is 0 Å². The van der Waals surface area contributed by atoms with Crippen molar-refractivity contribution in [2.45, 2.75) is 102 Å². The number of nitrogens with zero attached hydrogens (tertiary/aromatic N) is 1. The molecule has 2 aliphatic carbocycles. The topological polar surface area (TPSA) is 96.3 Å². The van der Waals surface area contributed by atoms with E-state index in [1.807, 2.05) is 39.8 Å². The maximum absolute atomic E-state index is 14.0. The van der Waals surface area contributed by atoms with Crippen molar-refractivity contribution in [2.24, 2.45) is 5.92 Å². The molecule has 8 heteroatoms. The van der Waals surface area contributed by atoms with Crippen molar-refractivity contribution in [2.75, 3.05) is 18.1 Å². The molecule has 3 aliphatic rings. The number of aliphatic hydroxyl groups excluding tert-OH is 1. The number of carboxylic acids is 1. The van der Waals surface area contributed by atoms with Gasteiger partial charge in [-0.1, -0.05) is 32.4 Å². The number of aliphatic hydroxyl groups is 1. The number of amides is 1. The minimum absolute atomic E-state index is 0.123. The minimum Gasteiger partial charge on any atom is -0.477 e. The molecule has 3 atom stereocenters. The summed E-state index contributed by atoms with van der Waals surface area (Å²) in [4.78, 5) is 29.1. The number of thiophene rings is 1. The van der Waals surface area contributed by atoms with Gasteiger partial charge >= 0.3 is 5.97 Å². The molecule has 2 fully saturated rings. The molecule has 0 radical (unpaired) electrons. The number of carbonyl (C=O) groups is 2. The molecule has 4 rings (SSSR count). The van der Waals surface area contributed by atoms with E-state index in [0.29, 0.717) is 25.1 Å². The second kappa shape index (κ2) is 10.7. The van der Waals surface area contributed by atoms with Gasteiger partial charge in [-0.25, -0.2) is 4.79 Å². The number of ether oxygens (including phenoxy) is 2. The van der Waals surface area contributed by atoms with Gasteiger partial charge in [0.2, 0.25) is 5.91 Å². The number of hydrogen-bond acceptors (Lipinski definition) is 6. The van der Waals surface area contributed by atoms with E-state index in [4.69, 9.17) is 9.47 Å². The number of aromatic carboxylic acids is 1. The third kappa shape index (κ3) is 5.98. The Kier molecular flexibility index (Phi) is 8.05. The fourth-order valence-corrected chi connectivity index (χ4v) is 6.44. The zero-order chi connectivity index (χ0) is 25.3. The minimum atomic E-state index is -1.02. The fraction of sp³-hybridized carbons (Fsp3) is 0.704. The van der Waals surface area contributed by atoms with E-state index in [1.165, 1.54) is 11.3 Å². The first-order chi connectivity index (χ1) is 16.5. The van der Waals surface area contributed by atoms with Gasteiger partial charge < -0.3 is 24.6 Å². The van der Waals surface area contributed by atoms with Crippen LogP contribution in [0.3, 0.4) is 0 Å². The van der Waals surface area contributed by atoms with Gasteiger partial charge in [0, 0.05) is 17.5 Å². The van der Waals surface area contributed by atoms with Crippen molar-refractivity contribution in [3.05, 3.63) is 27.5 Å². The maximum atomic E-state index is 14.0. The molecule has 1 unspecified atom stereocenters. The van der Waals surface area contributed by atoms with E-state index in [0.717, 1.165) is 49.2 Å². The predicted octanol–water partition coefficient (Wildman–Crippen LogP) is 4.91. The van der Waals surface area contributed by atoms with Crippen LogP contribution in [-0.4, -0.2) is 59.7 Å². The Bertz CT molecular complexity index is 949. The van der Waals surface area contributed by atoms with Crippen molar-refractivity contribution in [1.82, 2.24) is 0 Å². The monoisotopic (exact) mass is 505 g/mol. The first-order valence-corrected chi connectivity index (χ1v) is 13.6. The molecule has 2 heterocycles. The molecule has 7 nitrogen and oxygen atoms in total. The average molecular weight is 506 g/mol. The molecule has 0 aromatic carbocycles. The van der Waals surface area contributed by atoms with Crippen molar-refractivity contribution in [3.63, 3.8) is 0 Å². The molecule has 194 valence electrons. The lowest BCUT2D eigenvalue weighted by Gasteiger charge is -2.40. The lowest BCUT2D eigenvalue weighted by molar-refractivity contribution is -0.127. The molecule has 2 N–H and O–H groups in total. The van der Waals surface area contributed by atoms with Gasteiger partial charge in [-0.2, -0.15) is 0 Å². The lowest BCUT2D eigenvalue weighted by Crippen LogP contribution is -2.49. The van der Waals surface area contributed by atoms with Crippen LogP contribution in [-0.2, 0) is 19.7 Å². The summed E-state index contributed by atoms with van der Waals surface area (Å²) in [5.41, 5.74) is 1.32. The van der Waals surface area contributed by atoms with Crippen molar-refractivity contribution in [1.29, 1.82) is 0 Å². The predicted molar refractivity (Wildman–Crippen MR) is 136 cm³/mol. The van der Waals surface area contributed by atoms with Crippen LogP contribution >= 0.6 is 11.3 Å². The Hall–Kier alpha value is -1.74. The van der Waals surface area contributed by atoms with Gasteiger partial charge in [-0.3, -0.25) is 4.79 Å². The van der Waals surface area contributed by atoms with E-state index < -0.39 is 18.0 Å². The summed E-state index contributed by atoms with van der Waals surface area (Å²) in [6.45, 7) is 9.50. The highest BCUT2D eigenvalue weighted by atomic mass is 32.1. The number of rotatable bonds is 6. The first kappa shape index (κ1) is 26.3. The Labute approximate surface area is 212 Å².